The molecule has 0 aromatic heterocycles. The van der Waals surface area contributed by atoms with Gasteiger partial charge in [-0.25, -0.2) is 0 Å². The van der Waals surface area contributed by atoms with E-state index in [-0.39, 0.29) is 10.8 Å². The molecule has 344 valence electrons. The van der Waals surface area contributed by atoms with Crippen LogP contribution in [0.15, 0.2) is 255 Å². The van der Waals surface area contributed by atoms with Crippen molar-refractivity contribution in [2.45, 2.75) is 38.5 Å². The summed E-state index contributed by atoms with van der Waals surface area (Å²) in [5.74, 6) is 0. The van der Waals surface area contributed by atoms with Crippen LogP contribution in [0.1, 0.15) is 49.9 Å². The van der Waals surface area contributed by atoms with Gasteiger partial charge in [-0.3, -0.25) is 0 Å². The Morgan fingerprint density at radius 2 is 0.625 bits per heavy atom. The molecule has 2 heteroatoms. The van der Waals surface area contributed by atoms with Crippen molar-refractivity contribution in [3.8, 4) is 55.6 Å². The minimum absolute atomic E-state index is 0.0675. The molecule has 0 unspecified atom stereocenters. The van der Waals surface area contributed by atoms with Gasteiger partial charge in [-0.05, 0) is 156 Å². The van der Waals surface area contributed by atoms with Gasteiger partial charge >= 0.3 is 0 Å². The monoisotopic (exact) mass is 922 g/mol. The fourth-order valence-electron chi connectivity index (χ4n) is 11.9. The van der Waals surface area contributed by atoms with Crippen molar-refractivity contribution in [2.24, 2.45) is 0 Å². The zero-order valence-electron chi connectivity index (χ0n) is 41.1. The van der Waals surface area contributed by atoms with E-state index < -0.39 is 0 Å². The maximum absolute atomic E-state index is 2.45. The van der Waals surface area contributed by atoms with Gasteiger partial charge in [0.2, 0.25) is 0 Å². The minimum atomic E-state index is -0.0675. The highest BCUT2D eigenvalue weighted by Crippen LogP contribution is 2.53. The van der Waals surface area contributed by atoms with Gasteiger partial charge < -0.3 is 9.80 Å². The molecule has 11 aromatic carbocycles. The molecular formula is C70H54N2. The molecule has 0 amide bonds. The molecule has 0 atom stereocenters. The first-order valence-corrected chi connectivity index (χ1v) is 25.2. The lowest BCUT2D eigenvalue weighted by molar-refractivity contribution is 0.660. The van der Waals surface area contributed by atoms with Gasteiger partial charge in [0.15, 0.2) is 0 Å². The number of fused-ring (bicyclic) bond motifs is 7. The Bertz CT molecular complexity index is 3730. The van der Waals surface area contributed by atoms with Crippen LogP contribution in [0.2, 0.25) is 0 Å². The van der Waals surface area contributed by atoms with E-state index in [9.17, 15) is 0 Å². The minimum Gasteiger partial charge on any atom is -0.310 e. The summed E-state index contributed by atoms with van der Waals surface area (Å²) in [6, 6.07) is 94.0. The van der Waals surface area contributed by atoms with Crippen molar-refractivity contribution < 1.29 is 0 Å². The van der Waals surface area contributed by atoms with E-state index in [2.05, 4.69) is 292 Å². The Labute approximate surface area is 423 Å². The summed E-state index contributed by atoms with van der Waals surface area (Å²) < 4.78 is 0. The number of hydrogen-bond donors (Lipinski definition) is 0. The van der Waals surface area contributed by atoms with E-state index in [4.69, 9.17) is 0 Å². The highest BCUT2D eigenvalue weighted by Gasteiger charge is 2.37. The van der Waals surface area contributed by atoms with Gasteiger partial charge in [0.25, 0.3) is 0 Å². The number of nitrogens with zero attached hydrogens (tertiary/aromatic N) is 2. The number of hydrogen-bond acceptors (Lipinski definition) is 2. The van der Waals surface area contributed by atoms with Crippen LogP contribution in [0.4, 0.5) is 34.1 Å². The predicted molar refractivity (Wildman–Crippen MR) is 305 cm³/mol. The van der Waals surface area contributed by atoms with Gasteiger partial charge in [-0.1, -0.05) is 210 Å². The normalized spacial score (nSPS) is 13.5. The van der Waals surface area contributed by atoms with Crippen molar-refractivity contribution in [3.63, 3.8) is 0 Å². The highest BCUT2D eigenvalue weighted by molar-refractivity contribution is 5.99. The average molecular weight is 923 g/mol. The van der Waals surface area contributed by atoms with Crippen molar-refractivity contribution >= 4 is 44.9 Å². The molecule has 72 heavy (non-hydrogen) atoms. The summed E-state index contributed by atoms with van der Waals surface area (Å²) in [5.41, 5.74) is 24.5. The molecule has 0 spiro atoms. The Hall–Kier alpha value is -8.72. The molecule has 0 heterocycles. The second-order valence-corrected chi connectivity index (χ2v) is 20.6. The molecule has 0 aliphatic heterocycles. The molecule has 2 nitrogen and oxygen atoms in total. The first kappa shape index (κ1) is 43.3. The van der Waals surface area contributed by atoms with Gasteiger partial charge in [0.05, 0.1) is 5.69 Å². The van der Waals surface area contributed by atoms with E-state index in [1.807, 2.05) is 0 Å². The average Bonchev–Trinajstić information content (AvgIpc) is 3.80. The van der Waals surface area contributed by atoms with Crippen LogP contribution in [0.3, 0.4) is 0 Å². The molecule has 0 saturated carbocycles. The lowest BCUT2D eigenvalue weighted by atomic mass is 9.82. The zero-order chi connectivity index (χ0) is 48.6. The summed E-state index contributed by atoms with van der Waals surface area (Å²) in [6.45, 7) is 9.41. The number of rotatable bonds is 9. The van der Waals surface area contributed by atoms with Crippen LogP contribution in [0.25, 0.3) is 66.4 Å². The number of benzene rings is 11. The molecular weight excluding hydrogens is 869 g/mol. The molecule has 0 N–H and O–H groups in total. The van der Waals surface area contributed by atoms with Gasteiger partial charge in [-0.2, -0.15) is 0 Å². The van der Waals surface area contributed by atoms with Crippen molar-refractivity contribution in [1.29, 1.82) is 0 Å². The molecule has 0 radical (unpaired) electrons. The second kappa shape index (κ2) is 17.0. The third kappa shape index (κ3) is 7.17. The van der Waals surface area contributed by atoms with E-state index in [1.165, 1.54) is 83.1 Å². The quantitative estimate of drug-likeness (QED) is 0.142. The lowest BCUT2D eigenvalue weighted by Gasteiger charge is -2.28. The Morgan fingerprint density at radius 3 is 1.17 bits per heavy atom. The molecule has 11 aromatic rings. The summed E-state index contributed by atoms with van der Waals surface area (Å²) in [4.78, 5) is 4.84. The first-order valence-electron chi connectivity index (χ1n) is 25.2. The molecule has 2 aliphatic carbocycles. The zero-order valence-corrected chi connectivity index (χ0v) is 41.1. The van der Waals surface area contributed by atoms with Crippen LogP contribution < -0.4 is 9.80 Å². The maximum Gasteiger partial charge on any atom is 0.0540 e. The maximum atomic E-state index is 2.45. The van der Waals surface area contributed by atoms with Gasteiger partial charge in [0, 0.05) is 44.7 Å². The number of anilines is 6. The van der Waals surface area contributed by atoms with Gasteiger partial charge in [-0.15, -0.1) is 0 Å². The predicted octanol–water partition coefficient (Wildman–Crippen LogP) is 19.4. The molecule has 0 fully saturated rings. The van der Waals surface area contributed by atoms with Crippen molar-refractivity contribution in [1.82, 2.24) is 0 Å². The smallest absolute Gasteiger partial charge is 0.0540 e. The summed E-state index contributed by atoms with van der Waals surface area (Å²) in [6.07, 6.45) is 0. The van der Waals surface area contributed by atoms with Gasteiger partial charge in [0.1, 0.15) is 0 Å². The largest absolute Gasteiger partial charge is 0.310 e. The fourth-order valence-corrected chi connectivity index (χ4v) is 11.9. The SMILES string of the molecule is CC1(C)c2ccccc2-c2cc(N(c3ccc(-c4ccc(N(c5ccc(-c6cccc(-c7ccccc7)c6)cc5)c5cccc6ccccc56)cc4)cc3)c3ccc4c(c3)-c3ccccc3C4(C)C)ccc21. The van der Waals surface area contributed by atoms with Crippen LogP contribution in [-0.2, 0) is 10.8 Å². The van der Waals surface area contributed by atoms with Crippen LogP contribution >= 0.6 is 0 Å². The highest BCUT2D eigenvalue weighted by atomic mass is 15.1. The van der Waals surface area contributed by atoms with Crippen molar-refractivity contribution in [2.75, 3.05) is 9.80 Å². The van der Waals surface area contributed by atoms with Crippen molar-refractivity contribution in [3.05, 3.63) is 277 Å². The Balaban J connectivity index is 0.864. The molecule has 2 aliphatic rings. The Kier molecular flexibility index (Phi) is 10.2. The summed E-state index contributed by atoms with van der Waals surface area (Å²) in [5, 5.41) is 2.42. The molecule has 13 rings (SSSR count). The van der Waals surface area contributed by atoms with Crippen LogP contribution in [0.5, 0.6) is 0 Å². The standard InChI is InChI=1S/C70H54N2/c1-69(2)64-25-12-10-23-60(64)62-45-57(40-42-66(62)69)71(58-41-43-67-63(46-58)61-24-11-13-26-65(61)70(67,3)4)54-34-28-48(29-35-54)49-30-36-55(37-31-49)72(68-27-15-19-51-18-8-9-22-59(51)68)56-38-32-50(33-39-56)53-21-14-20-52(44-53)47-16-6-5-7-17-47/h5-46H,1-4H3. The van der Waals surface area contributed by atoms with E-state index in [0.717, 1.165) is 39.7 Å². The van der Waals surface area contributed by atoms with Crippen LogP contribution in [-0.4, -0.2) is 0 Å². The van der Waals surface area contributed by atoms with Crippen LogP contribution in [0, 0.1) is 0 Å². The van der Waals surface area contributed by atoms with E-state index in [0.29, 0.717) is 0 Å². The second-order valence-electron chi connectivity index (χ2n) is 20.6. The fraction of sp³-hybridized carbons (Fsp3) is 0.0857. The third-order valence-electron chi connectivity index (χ3n) is 15.7. The molecule has 0 bridgehead atoms. The third-order valence-corrected chi connectivity index (χ3v) is 15.7. The summed E-state index contributed by atoms with van der Waals surface area (Å²) >= 11 is 0. The lowest BCUT2D eigenvalue weighted by Crippen LogP contribution is -2.16. The topological polar surface area (TPSA) is 6.48 Å². The van der Waals surface area contributed by atoms with E-state index in [1.54, 1.807) is 0 Å². The molecule has 0 saturated heterocycles. The summed E-state index contributed by atoms with van der Waals surface area (Å²) in [7, 11) is 0. The first-order chi connectivity index (χ1) is 35.2. The Morgan fingerprint density at radius 1 is 0.250 bits per heavy atom. The van der Waals surface area contributed by atoms with E-state index >= 15 is 0 Å².